The van der Waals surface area contributed by atoms with E-state index >= 15 is 0 Å². The third kappa shape index (κ3) is 7.07. The number of rotatable bonds is 9. The molecule has 1 rings (SSSR count). The first kappa shape index (κ1) is 23.2. The summed E-state index contributed by atoms with van der Waals surface area (Å²) in [6.45, 7) is 3.74. The summed E-state index contributed by atoms with van der Waals surface area (Å²) in [5, 5.41) is 9.87. The summed E-state index contributed by atoms with van der Waals surface area (Å²) in [4.78, 5) is 8.39. The summed E-state index contributed by atoms with van der Waals surface area (Å²) in [6.07, 6.45) is -1.45. The van der Waals surface area contributed by atoms with E-state index in [1.807, 2.05) is 6.92 Å². The highest BCUT2D eigenvalue weighted by Crippen LogP contribution is 2.27. The van der Waals surface area contributed by atoms with Gasteiger partial charge < -0.3 is 21.3 Å². The monoisotopic (exact) mass is 398 g/mol. The lowest BCUT2D eigenvalue weighted by atomic mass is 10.1. The minimum absolute atomic E-state index is 0.0206. The van der Waals surface area contributed by atoms with Crippen LogP contribution in [0.4, 0.5) is 18.9 Å². The van der Waals surface area contributed by atoms with Gasteiger partial charge in [0.2, 0.25) is 0 Å². The molecule has 0 saturated heterocycles. The quantitative estimate of drug-likeness (QED) is 0.438. The van der Waals surface area contributed by atoms with Crippen molar-refractivity contribution >= 4 is 17.6 Å². The zero-order chi connectivity index (χ0) is 21.3. The number of methoxy groups -OCH3 is 1. The maximum Gasteiger partial charge on any atom is 0.277 e. The number of hydrogen-bond acceptors (Lipinski definition) is 6. The minimum Gasteiger partial charge on any atom is -0.482 e. The Hall–Kier alpha value is -2.81. The van der Waals surface area contributed by atoms with E-state index in [1.54, 1.807) is 0 Å². The molecular formula is C19H25F3N4O2. The number of aliphatic hydroxyl groups is 1. The predicted molar refractivity (Wildman–Crippen MR) is 104 cm³/mol. The Bertz CT molecular complexity index is 787. The van der Waals surface area contributed by atoms with E-state index in [-0.39, 0.29) is 29.3 Å². The van der Waals surface area contributed by atoms with E-state index in [2.05, 4.69) is 9.98 Å². The van der Waals surface area contributed by atoms with Gasteiger partial charge in [-0.3, -0.25) is 9.98 Å². The lowest BCUT2D eigenvalue weighted by Gasteiger charge is -2.12. The average molecular weight is 398 g/mol. The Morgan fingerprint density at radius 2 is 2.00 bits per heavy atom. The molecule has 9 heteroatoms. The van der Waals surface area contributed by atoms with Crippen molar-refractivity contribution in [2.45, 2.75) is 32.8 Å². The average Bonchev–Trinajstić information content (AvgIpc) is 2.65. The van der Waals surface area contributed by atoms with Gasteiger partial charge in [-0.15, -0.1) is 0 Å². The van der Waals surface area contributed by atoms with Gasteiger partial charge in [-0.2, -0.15) is 0 Å². The molecule has 0 bridgehead atoms. The maximum absolute atomic E-state index is 13.5. The van der Waals surface area contributed by atoms with Crippen LogP contribution in [0.5, 0.6) is 0 Å². The Labute approximate surface area is 162 Å². The van der Waals surface area contributed by atoms with Crippen LogP contribution in [0, 0.1) is 5.82 Å². The number of nitrogens with two attached hydrogens (primary N) is 2. The number of ether oxygens (including phenoxy) is 1. The maximum atomic E-state index is 13.5. The van der Waals surface area contributed by atoms with Gasteiger partial charge >= 0.3 is 0 Å². The van der Waals surface area contributed by atoms with Gasteiger partial charge in [-0.1, -0.05) is 0 Å². The molecule has 0 aliphatic carbocycles. The normalized spacial score (nSPS) is 15.1. The van der Waals surface area contributed by atoms with E-state index in [9.17, 15) is 18.3 Å². The first-order valence-corrected chi connectivity index (χ1v) is 8.52. The van der Waals surface area contributed by atoms with Crippen molar-refractivity contribution in [1.82, 2.24) is 0 Å². The van der Waals surface area contributed by atoms with E-state index in [4.69, 9.17) is 16.2 Å². The second-order valence-corrected chi connectivity index (χ2v) is 5.83. The Balaban J connectivity index is 3.52. The van der Waals surface area contributed by atoms with Gasteiger partial charge in [0.25, 0.3) is 6.43 Å². The van der Waals surface area contributed by atoms with Crippen LogP contribution in [-0.2, 0) is 4.74 Å². The van der Waals surface area contributed by atoms with Crippen LogP contribution in [0.1, 0.15) is 31.9 Å². The summed E-state index contributed by atoms with van der Waals surface area (Å²) < 4.78 is 44.4. The topological polar surface area (TPSA) is 106 Å². The van der Waals surface area contributed by atoms with Crippen molar-refractivity contribution in [2.24, 2.45) is 21.5 Å². The largest absolute Gasteiger partial charge is 0.482 e. The van der Waals surface area contributed by atoms with E-state index in [1.165, 1.54) is 26.3 Å². The first-order valence-electron chi connectivity index (χ1n) is 8.52. The van der Waals surface area contributed by atoms with Gasteiger partial charge in [-0.05, 0) is 38.1 Å². The molecule has 1 aromatic rings. The Morgan fingerprint density at radius 1 is 1.32 bits per heavy atom. The third-order valence-corrected chi connectivity index (χ3v) is 3.63. The van der Waals surface area contributed by atoms with Crippen molar-refractivity contribution in [3.63, 3.8) is 0 Å². The molecule has 0 heterocycles. The van der Waals surface area contributed by atoms with Crippen molar-refractivity contribution in [2.75, 3.05) is 13.7 Å². The number of halogens is 3. The smallest absolute Gasteiger partial charge is 0.277 e. The lowest BCUT2D eigenvalue weighted by molar-refractivity contribution is 0.188. The zero-order valence-electron chi connectivity index (χ0n) is 16.0. The lowest BCUT2D eigenvalue weighted by Crippen LogP contribution is -2.13. The van der Waals surface area contributed by atoms with Crippen molar-refractivity contribution in [1.29, 1.82) is 0 Å². The Kier molecular flexibility index (Phi) is 9.23. The molecule has 6 nitrogen and oxygen atoms in total. The molecule has 154 valence electrons. The molecule has 0 saturated carbocycles. The zero-order valence-corrected chi connectivity index (χ0v) is 16.0. The summed E-state index contributed by atoms with van der Waals surface area (Å²) in [7, 11) is 1.36. The van der Waals surface area contributed by atoms with Crippen LogP contribution >= 0.6 is 0 Å². The van der Waals surface area contributed by atoms with Crippen LogP contribution in [-0.4, -0.2) is 37.1 Å². The molecule has 1 aromatic carbocycles. The minimum atomic E-state index is -2.88. The third-order valence-electron chi connectivity index (χ3n) is 3.63. The molecule has 0 spiro atoms. The molecule has 0 fully saturated rings. The van der Waals surface area contributed by atoms with Gasteiger partial charge in [0.1, 0.15) is 5.82 Å². The molecule has 0 radical (unpaired) electrons. The highest BCUT2D eigenvalue weighted by atomic mass is 19.3. The molecular weight excluding hydrogens is 373 g/mol. The van der Waals surface area contributed by atoms with Crippen molar-refractivity contribution < 1.29 is 23.0 Å². The number of alkyl halides is 2. The van der Waals surface area contributed by atoms with Crippen LogP contribution in [0.25, 0.3) is 0 Å². The highest BCUT2D eigenvalue weighted by Gasteiger charge is 2.14. The fourth-order valence-electron chi connectivity index (χ4n) is 2.22. The van der Waals surface area contributed by atoms with Gasteiger partial charge in [0, 0.05) is 36.0 Å². The van der Waals surface area contributed by atoms with Gasteiger partial charge in [-0.25, -0.2) is 13.2 Å². The van der Waals surface area contributed by atoms with Gasteiger partial charge in [0.05, 0.1) is 24.6 Å². The number of benzene rings is 1. The van der Waals surface area contributed by atoms with E-state index in [0.717, 1.165) is 18.2 Å². The van der Waals surface area contributed by atoms with Crippen molar-refractivity contribution in [3.05, 3.63) is 52.8 Å². The number of aliphatic imine (C=N–C) groups is 2. The summed E-state index contributed by atoms with van der Waals surface area (Å²) in [5.41, 5.74) is 11.4. The molecule has 0 amide bonds. The summed E-state index contributed by atoms with van der Waals surface area (Å²) in [6, 6.07) is 3.62. The summed E-state index contributed by atoms with van der Waals surface area (Å²) in [5.74, 6) is -0.512. The molecule has 0 aromatic heterocycles. The molecule has 0 unspecified atom stereocenters. The van der Waals surface area contributed by atoms with E-state index in [0.29, 0.717) is 12.1 Å². The van der Waals surface area contributed by atoms with Crippen LogP contribution in [0.15, 0.2) is 51.4 Å². The van der Waals surface area contributed by atoms with E-state index < -0.39 is 24.0 Å². The number of allylic oxidation sites excluding steroid dienone is 3. The van der Waals surface area contributed by atoms with Crippen molar-refractivity contribution in [3.8, 4) is 0 Å². The molecule has 1 atom stereocenters. The molecule has 5 N–H and O–H groups in total. The Morgan fingerprint density at radius 3 is 2.54 bits per heavy atom. The molecule has 28 heavy (non-hydrogen) atoms. The van der Waals surface area contributed by atoms with Crippen LogP contribution < -0.4 is 11.5 Å². The fraction of sp³-hybridized carbons (Fsp3) is 0.368. The first-order chi connectivity index (χ1) is 13.2. The standard InChI is InChI=1S/C19H25F3N4O2/c1-4-25-10-12(19(24)28-3)7-14(9-16(23)18(21)22)26-17-6-5-13(20)8-15(17)11(2)27/h5-6,8-11,18,27H,4,7,23-24H2,1-3H3/t11-/m1/s1. The molecule has 0 aliphatic rings. The molecule has 0 aliphatic heterocycles. The second-order valence-electron chi connectivity index (χ2n) is 5.83. The SMILES string of the molecule is CCN=CC(CC(C=C(N)C(F)F)=Nc1ccc(F)cc1[C@@H](C)O)=C(N)OC. The number of nitrogens with zero attached hydrogens (tertiary/aromatic N) is 2. The van der Waals surface area contributed by atoms with Gasteiger partial charge in [0.15, 0.2) is 5.88 Å². The number of aliphatic hydroxyl groups excluding tert-OH is 1. The fourth-order valence-corrected chi connectivity index (χ4v) is 2.22. The summed E-state index contributed by atoms with van der Waals surface area (Å²) >= 11 is 0. The number of hydrogen-bond donors (Lipinski definition) is 3. The highest BCUT2D eigenvalue weighted by molar-refractivity contribution is 6.02. The second kappa shape index (κ2) is 11.1. The van der Waals surface area contributed by atoms with Crippen LogP contribution in [0.3, 0.4) is 0 Å². The van der Waals surface area contributed by atoms with Crippen LogP contribution in [0.2, 0.25) is 0 Å². The predicted octanol–water partition coefficient (Wildman–Crippen LogP) is 3.36.